The van der Waals surface area contributed by atoms with Gasteiger partial charge in [0.05, 0.1) is 16.4 Å². The highest BCUT2D eigenvalue weighted by Crippen LogP contribution is 2.62. The number of carbonyl (C=O) groups is 2. The molecule has 3 rings (SSSR count). The third-order valence-electron chi connectivity index (χ3n) is 5.39. The molecule has 3 atom stereocenters. The van der Waals surface area contributed by atoms with Gasteiger partial charge in [0.15, 0.2) is 0 Å². The van der Waals surface area contributed by atoms with Crippen molar-refractivity contribution < 1.29 is 40.3 Å². The lowest BCUT2D eigenvalue weighted by molar-refractivity contribution is -0.173. The van der Waals surface area contributed by atoms with E-state index < -0.39 is 58.8 Å². The van der Waals surface area contributed by atoms with Crippen LogP contribution in [0.2, 0.25) is 5.02 Å². The lowest BCUT2D eigenvalue weighted by Gasteiger charge is -2.12. The van der Waals surface area contributed by atoms with E-state index in [0.29, 0.717) is 12.1 Å². The molecule has 0 heterocycles. The number of benzene rings is 2. The molecule has 13 heteroatoms. The van der Waals surface area contributed by atoms with Crippen LogP contribution >= 0.6 is 23.2 Å². The quantitative estimate of drug-likeness (QED) is 0.366. The number of nitrogens with one attached hydrogen (secondary N) is 2. The second kappa shape index (κ2) is 8.92. The van der Waals surface area contributed by atoms with Crippen LogP contribution < -0.4 is 10.6 Å². The molecule has 0 spiro atoms. The van der Waals surface area contributed by atoms with E-state index >= 15 is 0 Å². The summed E-state index contributed by atoms with van der Waals surface area (Å²) in [5.41, 5.74) is -1.27. The summed E-state index contributed by atoms with van der Waals surface area (Å²) in [7, 11) is 0. The highest BCUT2D eigenvalue weighted by Gasteiger charge is 2.65. The van der Waals surface area contributed by atoms with E-state index in [9.17, 15) is 40.3 Å². The first-order valence-electron chi connectivity index (χ1n) is 9.53. The predicted molar refractivity (Wildman–Crippen MR) is 110 cm³/mol. The molecule has 0 aliphatic heterocycles. The molecular weight excluding hydrogens is 516 g/mol. The average Bonchev–Trinajstić information content (AvgIpc) is 3.28. The van der Waals surface area contributed by atoms with Crippen molar-refractivity contribution in [2.75, 3.05) is 5.32 Å². The molecule has 2 aromatic rings. The number of amides is 2. The van der Waals surface area contributed by atoms with Crippen molar-refractivity contribution in [3.8, 4) is 0 Å². The molecule has 34 heavy (non-hydrogen) atoms. The van der Waals surface area contributed by atoms with Crippen LogP contribution in [0.3, 0.4) is 0 Å². The molecule has 0 saturated heterocycles. The van der Waals surface area contributed by atoms with Gasteiger partial charge in [0.2, 0.25) is 5.91 Å². The summed E-state index contributed by atoms with van der Waals surface area (Å²) < 4.78 is 89.8. The van der Waals surface area contributed by atoms with Gasteiger partial charge in [-0.2, -0.15) is 26.3 Å². The average molecular weight is 531 g/mol. The number of rotatable bonds is 5. The molecule has 0 radical (unpaired) electrons. The molecule has 0 aromatic heterocycles. The zero-order valence-electron chi connectivity index (χ0n) is 17.0. The molecule has 1 aliphatic rings. The smallest absolute Gasteiger partial charge is 0.344 e. The number of hydrogen-bond donors (Lipinski definition) is 2. The van der Waals surface area contributed by atoms with Gasteiger partial charge in [-0.05, 0) is 48.4 Å². The minimum Gasteiger partial charge on any atom is -0.344 e. The molecular formula is C21H15Cl2F7N2O2. The van der Waals surface area contributed by atoms with Gasteiger partial charge >= 0.3 is 18.3 Å². The van der Waals surface area contributed by atoms with E-state index in [-0.39, 0.29) is 21.8 Å². The summed E-state index contributed by atoms with van der Waals surface area (Å²) in [4.78, 5) is 22.5. The predicted octanol–water partition coefficient (Wildman–Crippen LogP) is 6.03. The number of anilines is 1. The van der Waals surface area contributed by atoms with Gasteiger partial charge in [-0.25, -0.2) is 4.39 Å². The Bertz CT molecular complexity index is 1130. The van der Waals surface area contributed by atoms with E-state index in [2.05, 4.69) is 5.32 Å². The lowest BCUT2D eigenvalue weighted by Crippen LogP contribution is -2.36. The number of halogens is 9. The van der Waals surface area contributed by atoms with Crippen molar-refractivity contribution >= 4 is 40.7 Å². The van der Waals surface area contributed by atoms with Crippen molar-refractivity contribution in [1.29, 1.82) is 0 Å². The maximum absolute atomic E-state index is 13.6. The Morgan fingerprint density at radius 2 is 1.71 bits per heavy atom. The summed E-state index contributed by atoms with van der Waals surface area (Å²) in [6.45, 7) is 0.871. The standard InChI is InChI=1S/C21H15Cl2F7N2O2/c1-19(23)15(9-2-5-14(24)12(7-9)20(25,26)27)16(19)17(33)32-11-3-4-13(22)10(6-11)8-31-18(34)21(28,29)30/h2-7,15-16H,8H2,1H3,(H,31,34)(H,32,33). The van der Waals surface area contributed by atoms with Gasteiger partial charge in [-0.1, -0.05) is 17.7 Å². The van der Waals surface area contributed by atoms with Crippen LogP contribution in [-0.2, 0) is 22.3 Å². The normalized spacial score (nSPS) is 22.3. The van der Waals surface area contributed by atoms with E-state index in [0.717, 1.165) is 6.07 Å². The summed E-state index contributed by atoms with van der Waals surface area (Å²) in [6.07, 6.45) is -10.0. The fraction of sp³-hybridized carbons (Fsp3) is 0.333. The zero-order valence-corrected chi connectivity index (χ0v) is 18.6. The van der Waals surface area contributed by atoms with Gasteiger partial charge < -0.3 is 10.6 Å². The van der Waals surface area contributed by atoms with Gasteiger partial charge in [-0.15, -0.1) is 11.6 Å². The fourth-order valence-electron chi connectivity index (χ4n) is 3.65. The van der Waals surface area contributed by atoms with Gasteiger partial charge in [-0.3, -0.25) is 9.59 Å². The Balaban J connectivity index is 1.76. The van der Waals surface area contributed by atoms with Gasteiger partial charge in [0.25, 0.3) is 0 Å². The molecule has 2 aromatic carbocycles. The van der Waals surface area contributed by atoms with E-state index in [4.69, 9.17) is 23.2 Å². The van der Waals surface area contributed by atoms with Crippen molar-refractivity contribution in [3.05, 3.63) is 63.9 Å². The molecule has 1 aliphatic carbocycles. The van der Waals surface area contributed by atoms with Crippen LogP contribution in [0, 0.1) is 11.7 Å². The van der Waals surface area contributed by atoms with Crippen LogP contribution in [0.25, 0.3) is 0 Å². The number of alkyl halides is 7. The molecule has 1 fully saturated rings. The van der Waals surface area contributed by atoms with E-state index in [1.165, 1.54) is 25.1 Å². The molecule has 2 amide bonds. The summed E-state index contributed by atoms with van der Waals surface area (Å²) >= 11 is 12.3. The Morgan fingerprint density at radius 3 is 2.29 bits per heavy atom. The van der Waals surface area contributed by atoms with Crippen molar-refractivity contribution in [3.63, 3.8) is 0 Å². The largest absolute Gasteiger partial charge is 0.471 e. The minimum atomic E-state index is -5.09. The van der Waals surface area contributed by atoms with Crippen molar-refractivity contribution in [2.45, 2.75) is 36.6 Å². The Kier molecular flexibility index (Phi) is 6.84. The molecule has 4 nitrogen and oxygen atoms in total. The maximum Gasteiger partial charge on any atom is 0.471 e. The highest BCUT2D eigenvalue weighted by molar-refractivity contribution is 6.31. The van der Waals surface area contributed by atoms with Crippen molar-refractivity contribution in [2.24, 2.45) is 5.92 Å². The second-order valence-electron chi connectivity index (χ2n) is 7.82. The SMILES string of the molecule is CC1(Cl)C(C(=O)Nc2ccc(Cl)c(CNC(=O)C(F)(F)F)c2)C1c1ccc(F)c(C(F)(F)F)c1. The van der Waals surface area contributed by atoms with Gasteiger partial charge in [0.1, 0.15) is 5.82 Å². The minimum absolute atomic E-state index is 0.0259. The topological polar surface area (TPSA) is 58.2 Å². The summed E-state index contributed by atoms with van der Waals surface area (Å²) in [6, 6.07) is 6.24. The lowest BCUT2D eigenvalue weighted by atomic mass is 10.0. The van der Waals surface area contributed by atoms with E-state index in [1.54, 1.807) is 5.32 Å². The molecule has 2 N–H and O–H groups in total. The van der Waals surface area contributed by atoms with Gasteiger partial charge in [0, 0.05) is 23.2 Å². The number of carbonyl (C=O) groups excluding carboxylic acids is 2. The molecule has 184 valence electrons. The van der Waals surface area contributed by atoms with Crippen molar-refractivity contribution in [1.82, 2.24) is 5.32 Å². The fourth-order valence-corrected chi connectivity index (χ4v) is 4.24. The van der Waals surface area contributed by atoms with Crippen LogP contribution in [0.1, 0.15) is 29.5 Å². The van der Waals surface area contributed by atoms with E-state index in [1.807, 2.05) is 0 Å². The Hall–Kier alpha value is -2.53. The molecule has 0 bridgehead atoms. The number of hydrogen-bond acceptors (Lipinski definition) is 2. The first kappa shape index (κ1) is 26.1. The second-order valence-corrected chi connectivity index (χ2v) is 9.04. The first-order chi connectivity index (χ1) is 15.5. The highest BCUT2D eigenvalue weighted by atomic mass is 35.5. The first-order valence-corrected chi connectivity index (χ1v) is 10.3. The molecule has 1 saturated carbocycles. The van der Waals surface area contributed by atoms with Crippen LogP contribution in [0.5, 0.6) is 0 Å². The maximum atomic E-state index is 13.6. The van der Waals surface area contributed by atoms with Crippen LogP contribution in [0.4, 0.5) is 36.4 Å². The Morgan fingerprint density at radius 1 is 1.06 bits per heavy atom. The van der Waals surface area contributed by atoms with Crippen LogP contribution in [-0.4, -0.2) is 22.9 Å². The Labute approximate surface area is 198 Å². The monoisotopic (exact) mass is 530 g/mol. The zero-order chi connectivity index (χ0) is 25.6. The summed E-state index contributed by atoms with van der Waals surface area (Å²) in [5, 5.41) is 4.17. The summed E-state index contributed by atoms with van der Waals surface area (Å²) in [5.74, 6) is -6.14. The third-order valence-corrected chi connectivity index (χ3v) is 6.23. The van der Waals surface area contributed by atoms with Crippen LogP contribution in [0.15, 0.2) is 36.4 Å². The third kappa shape index (κ3) is 5.41. The molecule has 3 unspecified atom stereocenters.